The van der Waals surface area contributed by atoms with E-state index in [4.69, 9.17) is 17.0 Å². The number of rotatable bonds is 4. The van der Waals surface area contributed by atoms with Crippen LogP contribution in [0, 0.1) is 0 Å². The highest BCUT2D eigenvalue weighted by molar-refractivity contribution is 9.10. The molecule has 2 aromatic rings. The summed E-state index contributed by atoms with van der Waals surface area (Å²) in [6.07, 6.45) is 3.30. The molecule has 3 rings (SSSR count). The minimum atomic E-state index is -0.331. The zero-order valence-corrected chi connectivity index (χ0v) is 18.4. The van der Waals surface area contributed by atoms with Crippen molar-refractivity contribution < 1.29 is 14.3 Å². The molecule has 0 aliphatic carbocycles. The number of nitrogens with zero attached hydrogens (tertiary/aromatic N) is 1. The van der Waals surface area contributed by atoms with Gasteiger partial charge in [0.15, 0.2) is 5.11 Å². The Bertz CT molecular complexity index is 912. The number of thiocarbonyl (C=S) groups is 1. The lowest BCUT2D eigenvalue weighted by Gasteiger charge is -2.26. The topological polar surface area (TPSA) is 70.7 Å². The van der Waals surface area contributed by atoms with Crippen molar-refractivity contribution in [2.24, 2.45) is 0 Å². The predicted molar refractivity (Wildman–Crippen MR) is 121 cm³/mol. The number of hydrogen-bond acceptors (Lipinski definition) is 4. The maximum atomic E-state index is 12.5. The number of ether oxygens (including phenoxy) is 1. The number of likely N-dealkylation sites (tertiary alicyclic amines) is 1. The van der Waals surface area contributed by atoms with Crippen molar-refractivity contribution in [3.05, 3.63) is 58.1 Å². The molecule has 0 unspecified atom stereocenters. The highest BCUT2D eigenvalue weighted by Crippen LogP contribution is 2.25. The molecule has 1 saturated heterocycles. The predicted octanol–water partition coefficient (Wildman–Crippen LogP) is 4.21. The van der Waals surface area contributed by atoms with E-state index in [1.54, 1.807) is 49.6 Å². The van der Waals surface area contributed by atoms with Crippen molar-refractivity contribution in [1.29, 1.82) is 0 Å². The average Bonchev–Trinajstić information content (AvgIpc) is 2.74. The Morgan fingerprint density at radius 2 is 1.69 bits per heavy atom. The molecule has 0 saturated carbocycles. The number of benzene rings is 2. The molecule has 1 aliphatic heterocycles. The van der Waals surface area contributed by atoms with Crippen molar-refractivity contribution in [1.82, 2.24) is 10.2 Å². The summed E-state index contributed by atoms with van der Waals surface area (Å²) >= 11 is 8.58. The Morgan fingerprint density at radius 1 is 1.03 bits per heavy atom. The van der Waals surface area contributed by atoms with E-state index >= 15 is 0 Å². The van der Waals surface area contributed by atoms with Gasteiger partial charge in [0.1, 0.15) is 5.75 Å². The molecule has 6 nitrogen and oxygen atoms in total. The van der Waals surface area contributed by atoms with E-state index in [0.29, 0.717) is 27.0 Å². The Kier molecular flexibility index (Phi) is 7.22. The van der Waals surface area contributed by atoms with Crippen molar-refractivity contribution in [3.8, 4) is 5.75 Å². The van der Waals surface area contributed by atoms with Crippen LogP contribution in [-0.2, 0) is 0 Å². The Balaban J connectivity index is 1.57. The monoisotopic (exact) mass is 475 g/mol. The van der Waals surface area contributed by atoms with Crippen LogP contribution in [0.25, 0.3) is 0 Å². The first-order chi connectivity index (χ1) is 14.0. The number of carbonyl (C=O) groups excluding carboxylic acids is 2. The number of hydrogen-bond donors (Lipinski definition) is 2. The molecule has 152 valence electrons. The molecule has 2 aromatic carbocycles. The second kappa shape index (κ2) is 9.84. The molecule has 2 amide bonds. The summed E-state index contributed by atoms with van der Waals surface area (Å²) in [4.78, 5) is 26.8. The third-order valence-electron chi connectivity index (χ3n) is 4.67. The quantitative estimate of drug-likeness (QED) is 0.648. The minimum Gasteiger partial charge on any atom is -0.496 e. The van der Waals surface area contributed by atoms with Gasteiger partial charge in [0, 0.05) is 29.9 Å². The first-order valence-corrected chi connectivity index (χ1v) is 10.5. The molecule has 1 fully saturated rings. The van der Waals surface area contributed by atoms with E-state index in [2.05, 4.69) is 26.6 Å². The molecule has 8 heteroatoms. The first-order valence-electron chi connectivity index (χ1n) is 9.33. The van der Waals surface area contributed by atoms with Gasteiger partial charge in [-0.3, -0.25) is 14.9 Å². The normalized spacial score (nSPS) is 13.5. The second-order valence-corrected chi connectivity index (χ2v) is 7.95. The molecule has 0 bridgehead atoms. The van der Waals surface area contributed by atoms with Crippen LogP contribution in [-0.4, -0.2) is 42.0 Å². The van der Waals surface area contributed by atoms with E-state index in [1.807, 2.05) is 4.90 Å². The van der Waals surface area contributed by atoms with Crippen molar-refractivity contribution in [3.63, 3.8) is 0 Å². The number of halogens is 1. The lowest BCUT2D eigenvalue weighted by Crippen LogP contribution is -2.35. The fourth-order valence-corrected chi connectivity index (χ4v) is 3.87. The summed E-state index contributed by atoms with van der Waals surface area (Å²) < 4.78 is 5.84. The van der Waals surface area contributed by atoms with Crippen LogP contribution in [0.15, 0.2) is 46.9 Å². The van der Waals surface area contributed by atoms with Crippen molar-refractivity contribution in [2.45, 2.75) is 19.3 Å². The average molecular weight is 476 g/mol. The molecule has 1 heterocycles. The fraction of sp³-hybridized carbons (Fsp3) is 0.286. The summed E-state index contributed by atoms with van der Waals surface area (Å²) in [5.74, 6) is 0.362. The van der Waals surface area contributed by atoms with Crippen LogP contribution >= 0.6 is 28.1 Å². The van der Waals surface area contributed by atoms with E-state index in [1.165, 1.54) is 6.42 Å². The molecule has 29 heavy (non-hydrogen) atoms. The molecule has 2 N–H and O–H groups in total. The maximum absolute atomic E-state index is 12.5. The zero-order valence-electron chi connectivity index (χ0n) is 16.0. The van der Waals surface area contributed by atoms with Crippen molar-refractivity contribution in [2.75, 3.05) is 25.5 Å². The van der Waals surface area contributed by atoms with Gasteiger partial charge in [-0.15, -0.1) is 0 Å². The molecule has 0 atom stereocenters. The third kappa shape index (κ3) is 5.55. The molecule has 0 aromatic heterocycles. The molecule has 0 spiro atoms. The highest BCUT2D eigenvalue weighted by Gasteiger charge is 2.18. The standard InChI is InChI=1S/C21H22BrN3O3S/c1-28-18-10-7-15(13-17(18)22)19(26)24-21(29)23-16-8-5-14(6-9-16)20(27)25-11-3-2-4-12-25/h5-10,13H,2-4,11-12H2,1H3,(H2,23,24,26,29). The van der Waals surface area contributed by atoms with Crippen LogP contribution in [0.5, 0.6) is 5.75 Å². The lowest BCUT2D eigenvalue weighted by atomic mass is 10.1. The summed E-state index contributed by atoms with van der Waals surface area (Å²) in [5.41, 5.74) is 1.79. The van der Waals surface area contributed by atoms with Gasteiger partial charge in [-0.1, -0.05) is 0 Å². The molecular formula is C21H22BrN3O3S. The number of methoxy groups -OCH3 is 1. The van der Waals surface area contributed by atoms with Gasteiger partial charge < -0.3 is 15.0 Å². The lowest BCUT2D eigenvalue weighted by molar-refractivity contribution is 0.0724. The number of anilines is 1. The van der Waals surface area contributed by atoms with Gasteiger partial charge in [-0.2, -0.15) is 0 Å². The number of carbonyl (C=O) groups is 2. The minimum absolute atomic E-state index is 0.0530. The highest BCUT2D eigenvalue weighted by atomic mass is 79.9. The summed E-state index contributed by atoms with van der Waals surface area (Å²) in [6.45, 7) is 1.63. The zero-order chi connectivity index (χ0) is 20.8. The number of amides is 2. The van der Waals surface area contributed by atoms with Crippen LogP contribution in [0.1, 0.15) is 40.0 Å². The van der Waals surface area contributed by atoms with E-state index in [-0.39, 0.29) is 16.9 Å². The van der Waals surface area contributed by atoms with Gasteiger partial charge >= 0.3 is 0 Å². The van der Waals surface area contributed by atoms with Crippen LogP contribution in [0.4, 0.5) is 5.69 Å². The van der Waals surface area contributed by atoms with E-state index < -0.39 is 0 Å². The van der Waals surface area contributed by atoms with Crippen molar-refractivity contribution >= 4 is 50.8 Å². The van der Waals surface area contributed by atoms with Gasteiger partial charge in [-0.25, -0.2) is 0 Å². The van der Waals surface area contributed by atoms with Crippen LogP contribution in [0.3, 0.4) is 0 Å². The molecule has 0 radical (unpaired) electrons. The third-order valence-corrected chi connectivity index (χ3v) is 5.50. The van der Waals surface area contributed by atoms with Crippen LogP contribution < -0.4 is 15.4 Å². The Hall–Kier alpha value is -2.45. The Labute approximate surface area is 183 Å². The second-order valence-electron chi connectivity index (χ2n) is 6.69. The maximum Gasteiger partial charge on any atom is 0.257 e. The first kappa shape index (κ1) is 21.3. The van der Waals surface area contributed by atoms with Gasteiger partial charge in [0.25, 0.3) is 11.8 Å². The van der Waals surface area contributed by atoms with E-state index in [9.17, 15) is 9.59 Å². The van der Waals surface area contributed by atoms with E-state index in [0.717, 1.165) is 25.9 Å². The smallest absolute Gasteiger partial charge is 0.257 e. The van der Waals surface area contributed by atoms with Gasteiger partial charge in [0.05, 0.1) is 11.6 Å². The number of piperidine rings is 1. The summed E-state index contributed by atoms with van der Waals surface area (Å²) in [6, 6.07) is 12.1. The Morgan fingerprint density at radius 3 is 2.31 bits per heavy atom. The molecular weight excluding hydrogens is 454 g/mol. The molecule has 1 aliphatic rings. The van der Waals surface area contributed by atoms with Crippen LogP contribution in [0.2, 0.25) is 0 Å². The fourth-order valence-electron chi connectivity index (χ4n) is 3.12. The van der Waals surface area contributed by atoms with Gasteiger partial charge in [-0.05, 0) is 89.9 Å². The SMILES string of the molecule is COc1ccc(C(=O)NC(=S)Nc2ccc(C(=O)N3CCCCC3)cc2)cc1Br. The number of nitrogens with one attached hydrogen (secondary N) is 2. The largest absolute Gasteiger partial charge is 0.496 e. The van der Waals surface area contributed by atoms with Gasteiger partial charge in [0.2, 0.25) is 0 Å². The summed E-state index contributed by atoms with van der Waals surface area (Å²) in [7, 11) is 1.56. The summed E-state index contributed by atoms with van der Waals surface area (Å²) in [5, 5.41) is 5.78.